The van der Waals surface area contributed by atoms with E-state index in [4.69, 9.17) is 20.0 Å². The first-order valence-electron chi connectivity index (χ1n) is 9.56. The van der Waals surface area contributed by atoms with Gasteiger partial charge in [-0.05, 0) is 31.2 Å². The fourth-order valence-corrected chi connectivity index (χ4v) is 5.02. The maximum absolute atomic E-state index is 12.6. The van der Waals surface area contributed by atoms with Crippen LogP contribution in [-0.4, -0.2) is 41.6 Å². The number of carbonyl (C=O) groups excluding carboxylic acids is 2. The number of nitrogens with zero attached hydrogens (tertiary/aromatic N) is 1. The fourth-order valence-electron chi connectivity index (χ4n) is 5.02. The second-order valence-corrected chi connectivity index (χ2v) is 8.87. The zero-order valence-corrected chi connectivity index (χ0v) is 16.5. The Balaban J connectivity index is 1.65. The predicted molar refractivity (Wildman–Crippen MR) is 100 cm³/mol. The van der Waals surface area contributed by atoms with Crippen LogP contribution < -0.4 is 10.6 Å². The summed E-state index contributed by atoms with van der Waals surface area (Å²) >= 11 is 0. The lowest BCUT2D eigenvalue weighted by molar-refractivity contribution is -0.165. The van der Waals surface area contributed by atoms with Crippen molar-refractivity contribution in [2.75, 3.05) is 11.4 Å². The van der Waals surface area contributed by atoms with Crippen LogP contribution >= 0.6 is 0 Å². The summed E-state index contributed by atoms with van der Waals surface area (Å²) in [5.74, 6) is -1.86. The van der Waals surface area contributed by atoms with Crippen LogP contribution in [0, 0.1) is 16.7 Å². The third kappa shape index (κ3) is 3.65. The van der Waals surface area contributed by atoms with E-state index in [1.165, 1.54) is 18.4 Å². The van der Waals surface area contributed by atoms with Gasteiger partial charge in [0.1, 0.15) is 12.6 Å². The molecule has 0 radical (unpaired) electrons. The lowest BCUT2D eigenvalue weighted by atomic mass is 9.70. The van der Waals surface area contributed by atoms with Crippen molar-refractivity contribution in [3.63, 3.8) is 0 Å². The lowest BCUT2D eigenvalue weighted by Crippen LogP contribution is -2.48. The zero-order chi connectivity index (χ0) is 20.7. The molecule has 0 saturated heterocycles. The number of fused-ring (bicyclic) bond motifs is 2. The monoisotopic (exact) mass is 392 g/mol. The molecule has 1 heterocycles. The third-order valence-electron chi connectivity index (χ3n) is 6.42. The summed E-state index contributed by atoms with van der Waals surface area (Å²) in [5, 5.41) is 9.06. The van der Waals surface area contributed by atoms with Crippen molar-refractivity contribution >= 4 is 23.7 Å². The normalized spacial score (nSPS) is 28.7. The molecular weight excluding hydrogens is 364 g/mol. The Hall–Kier alpha value is -2.35. The van der Waals surface area contributed by atoms with Crippen molar-refractivity contribution in [3.05, 3.63) is 18.4 Å². The molecule has 2 bridgehead atoms. The van der Waals surface area contributed by atoms with Crippen LogP contribution in [0.4, 0.5) is 5.88 Å². The van der Waals surface area contributed by atoms with Crippen LogP contribution in [0.15, 0.2) is 22.8 Å². The maximum atomic E-state index is 12.6. The summed E-state index contributed by atoms with van der Waals surface area (Å²) in [6, 6.07) is 1.78. The van der Waals surface area contributed by atoms with Gasteiger partial charge in [-0.25, -0.2) is 0 Å². The molecule has 8 heteroatoms. The van der Waals surface area contributed by atoms with Crippen molar-refractivity contribution in [3.8, 4) is 0 Å². The molecule has 3 rings (SSSR count). The number of nitrogens with two attached hydrogens (primary N) is 1. The first kappa shape index (κ1) is 20.4. The molecule has 3 unspecified atom stereocenters. The van der Waals surface area contributed by atoms with E-state index in [2.05, 4.69) is 20.8 Å². The second kappa shape index (κ2) is 7.24. The Kier molecular flexibility index (Phi) is 5.27. The SMILES string of the molecule is CC12CCC(C1)C(C)(C)C2OC(=O)C[C@H](N)C(=O)N(CC(=O)O)c1ccco1. The molecule has 8 nitrogen and oxygen atoms in total. The molecule has 1 amide bonds. The van der Waals surface area contributed by atoms with Gasteiger partial charge in [-0.15, -0.1) is 0 Å². The summed E-state index contributed by atoms with van der Waals surface area (Å²) in [6.07, 6.45) is 4.00. The number of aliphatic carboxylic acids is 1. The minimum Gasteiger partial charge on any atom is -0.480 e. The van der Waals surface area contributed by atoms with Crippen LogP contribution in [0.3, 0.4) is 0 Å². The average molecular weight is 392 g/mol. The smallest absolute Gasteiger partial charge is 0.323 e. The number of hydrogen-bond donors (Lipinski definition) is 2. The summed E-state index contributed by atoms with van der Waals surface area (Å²) in [5.41, 5.74) is 5.77. The van der Waals surface area contributed by atoms with Crippen molar-refractivity contribution < 1.29 is 28.6 Å². The van der Waals surface area contributed by atoms with E-state index in [1.54, 1.807) is 0 Å². The largest absolute Gasteiger partial charge is 0.480 e. The van der Waals surface area contributed by atoms with Crippen molar-refractivity contribution in [1.82, 2.24) is 0 Å². The van der Waals surface area contributed by atoms with Crippen LogP contribution in [0.1, 0.15) is 46.5 Å². The van der Waals surface area contributed by atoms with E-state index in [9.17, 15) is 14.4 Å². The van der Waals surface area contributed by atoms with Crippen LogP contribution in [-0.2, 0) is 19.1 Å². The summed E-state index contributed by atoms with van der Waals surface area (Å²) in [7, 11) is 0. The van der Waals surface area contributed by atoms with Crippen LogP contribution in [0.25, 0.3) is 0 Å². The first-order chi connectivity index (χ1) is 13.0. The van der Waals surface area contributed by atoms with E-state index < -0.39 is 30.4 Å². The Morgan fingerprint density at radius 1 is 1.39 bits per heavy atom. The number of rotatable bonds is 7. The number of furan rings is 1. The highest BCUT2D eigenvalue weighted by Crippen LogP contribution is 2.63. The minimum absolute atomic E-state index is 0.0402. The number of carbonyl (C=O) groups is 3. The molecule has 2 fully saturated rings. The topological polar surface area (TPSA) is 123 Å². The van der Waals surface area contributed by atoms with Gasteiger partial charge in [0.2, 0.25) is 11.8 Å². The number of anilines is 1. The standard InChI is InChI=1S/C20H28N2O6/c1-19(2)12-6-7-20(3,10-12)18(19)28-16(25)9-13(21)17(26)22(11-15(23)24)14-5-4-8-27-14/h4-5,8,12-13,18H,6-7,9-11,21H2,1-3H3,(H,23,24)/t12?,13-,18?,20?/m0/s1. The zero-order valence-electron chi connectivity index (χ0n) is 16.5. The highest BCUT2D eigenvalue weighted by atomic mass is 16.5. The molecule has 3 N–H and O–H groups in total. The highest BCUT2D eigenvalue weighted by Gasteiger charge is 2.61. The van der Waals surface area contributed by atoms with Gasteiger partial charge >= 0.3 is 11.9 Å². The molecule has 1 aromatic heterocycles. The molecule has 2 aliphatic carbocycles. The lowest BCUT2D eigenvalue weighted by Gasteiger charge is -2.41. The Morgan fingerprint density at radius 2 is 2.11 bits per heavy atom. The van der Waals surface area contributed by atoms with Gasteiger partial charge < -0.3 is 20.0 Å². The highest BCUT2D eigenvalue weighted by molar-refractivity contribution is 6.00. The number of hydrogen-bond acceptors (Lipinski definition) is 6. The molecule has 0 aromatic carbocycles. The van der Waals surface area contributed by atoms with E-state index in [1.807, 2.05) is 0 Å². The summed E-state index contributed by atoms with van der Waals surface area (Å²) < 4.78 is 10.9. The van der Waals surface area contributed by atoms with Gasteiger partial charge in [0.15, 0.2) is 0 Å². The molecule has 2 saturated carbocycles. The predicted octanol–water partition coefficient (Wildman–Crippen LogP) is 2.17. The van der Waals surface area contributed by atoms with Crippen molar-refractivity contribution in [1.29, 1.82) is 0 Å². The molecule has 4 atom stereocenters. The Labute approximate surface area is 164 Å². The van der Waals surface area contributed by atoms with E-state index in [-0.39, 0.29) is 29.2 Å². The molecule has 0 spiro atoms. The van der Waals surface area contributed by atoms with Gasteiger partial charge in [-0.1, -0.05) is 20.8 Å². The summed E-state index contributed by atoms with van der Waals surface area (Å²) in [4.78, 5) is 37.2. The number of carboxylic acid groups (broad SMARTS) is 1. The average Bonchev–Trinajstić information content (AvgIpc) is 3.29. The van der Waals surface area contributed by atoms with E-state index >= 15 is 0 Å². The Morgan fingerprint density at radius 3 is 2.64 bits per heavy atom. The number of amides is 1. The van der Waals surface area contributed by atoms with Gasteiger partial charge in [-0.2, -0.15) is 0 Å². The quantitative estimate of drug-likeness (QED) is 0.682. The fraction of sp³-hybridized carbons (Fsp3) is 0.650. The first-order valence-corrected chi connectivity index (χ1v) is 9.56. The molecule has 154 valence electrons. The van der Waals surface area contributed by atoms with E-state index in [0.29, 0.717) is 5.92 Å². The van der Waals surface area contributed by atoms with Crippen molar-refractivity contribution in [2.24, 2.45) is 22.5 Å². The second-order valence-electron chi connectivity index (χ2n) is 8.87. The molecule has 1 aromatic rings. The third-order valence-corrected chi connectivity index (χ3v) is 6.42. The minimum atomic E-state index is -1.22. The maximum Gasteiger partial charge on any atom is 0.323 e. The van der Waals surface area contributed by atoms with Gasteiger partial charge in [0.05, 0.1) is 18.7 Å². The molecule has 2 aliphatic rings. The summed E-state index contributed by atoms with van der Waals surface area (Å²) in [6.45, 7) is 5.79. The number of ether oxygens (including phenoxy) is 1. The van der Waals surface area contributed by atoms with Crippen molar-refractivity contribution in [2.45, 2.75) is 58.6 Å². The molecular formula is C20H28N2O6. The van der Waals surface area contributed by atoms with Gasteiger partial charge in [0, 0.05) is 16.9 Å². The number of esters is 1. The van der Waals surface area contributed by atoms with Crippen LogP contribution in [0.5, 0.6) is 0 Å². The Bertz CT molecular complexity index is 754. The number of carboxylic acids is 1. The van der Waals surface area contributed by atoms with Gasteiger partial charge in [0.25, 0.3) is 0 Å². The molecule has 28 heavy (non-hydrogen) atoms. The molecule has 0 aliphatic heterocycles. The van der Waals surface area contributed by atoms with Gasteiger partial charge in [-0.3, -0.25) is 19.3 Å². The van der Waals surface area contributed by atoms with E-state index in [0.717, 1.165) is 24.2 Å². The van der Waals surface area contributed by atoms with Crippen LogP contribution in [0.2, 0.25) is 0 Å².